The van der Waals surface area contributed by atoms with Crippen LogP contribution in [0.15, 0.2) is 55.9 Å². The van der Waals surface area contributed by atoms with Gasteiger partial charge in [0.05, 0.1) is 15.8 Å². The number of hydrogen-bond acceptors (Lipinski definition) is 6. The van der Waals surface area contributed by atoms with Crippen molar-refractivity contribution >= 4 is 22.2 Å². The topological polar surface area (TPSA) is 82.9 Å². The Hall–Kier alpha value is -3.00. The fourth-order valence-electron chi connectivity index (χ4n) is 2.76. The number of fused-ring (bicyclic) bond motifs is 1. The van der Waals surface area contributed by atoms with E-state index < -0.39 is 0 Å². The molecular formula is C17H14N4O3S. The highest BCUT2D eigenvalue weighted by Crippen LogP contribution is 2.21. The molecule has 0 aliphatic carbocycles. The smallest absolute Gasteiger partial charge is 0.331 e. The quantitative estimate of drug-likeness (QED) is 0.562. The maximum Gasteiger partial charge on any atom is 0.331 e. The molecular weight excluding hydrogens is 340 g/mol. The van der Waals surface area contributed by atoms with Crippen molar-refractivity contribution in [2.24, 2.45) is 0 Å². The standard InChI is InChI=1S/C17H14N4O3S/c1-2-20-16(22)11-6-3-4-7-12(11)21(17(20)23)10-14-18-15(19-24-14)13-8-5-9-25-13/h3-9H,2,10H2,1H3. The number of nitrogens with zero attached hydrogens (tertiary/aromatic N) is 4. The van der Waals surface area contributed by atoms with Crippen molar-refractivity contribution in [3.63, 3.8) is 0 Å². The Morgan fingerprint density at radius 3 is 2.72 bits per heavy atom. The van der Waals surface area contributed by atoms with E-state index in [1.807, 2.05) is 17.5 Å². The Bertz CT molecular complexity index is 1150. The van der Waals surface area contributed by atoms with Crippen molar-refractivity contribution in [2.45, 2.75) is 20.0 Å². The minimum absolute atomic E-state index is 0.109. The Morgan fingerprint density at radius 2 is 1.96 bits per heavy atom. The lowest BCUT2D eigenvalue weighted by Crippen LogP contribution is -2.39. The van der Waals surface area contributed by atoms with Gasteiger partial charge in [0, 0.05) is 6.54 Å². The molecule has 0 aliphatic heterocycles. The van der Waals surface area contributed by atoms with Crippen molar-refractivity contribution < 1.29 is 4.52 Å². The second kappa shape index (κ2) is 6.14. The molecule has 3 heterocycles. The van der Waals surface area contributed by atoms with Gasteiger partial charge in [0.15, 0.2) is 0 Å². The van der Waals surface area contributed by atoms with Crippen molar-refractivity contribution in [3.8, 4) is 10.7 Å². The summed E-state index contributed by atoms with van der Waals surface area (Å²) in [4.78, 5) is 30.4. The van der Waals surface area contributed by atoms with E-state index >= 15 is 0 Å². The Morgan fingerprint density at radius 1 is 1.12 bits per heavy atom. The zero-order valence-corrected chi connectivity index (χ0v) is 14.2. The van der Waals surface area contributed by atoms with E-state index in [9.17, 15) is 9.59 Å². The molecule has 25 heavy (non-hydrogen) atoms. The van der Waals surface area contributed by atoms with Crippen LogP contribution in [-0.2, 0) is 13.1 Å². The summed E-state index contributed by atoms with van der Waals surface area (Å²) >= 11 is 1.51. The molecule has 3 aromatic heterocycles. The molecule has 0 radical (unpaired) electrons. The Balaban J connectivity index is 1.85. The third-order valence-corrected chi connectivity index (χ3v) is 4.82. The highest BCUT2D eigenvalue weighted by molar-refractivity contribution is 7.13. The largest absolute Gasteiger partial charge is 0.337 e. The van der Waals surface area contributed by atoms with Crippen LogP contribution in [0.5, 0.6) is 0 Å². The summed E-state index contributed by atoms with van der Waals surface area (Å²) < 4.78 is 8.00. The molecule has 0 bridgehead atoms. The van der Waals surface area contributed by atoms with Gasteiger partial charge in [0.25, 0.3) is 5.56 Å². The van der Waals surface area contributed by atoms with Crippen molar-refractivity contribution in [1.82, 2.24) is 19.3 Å². The first-order valence-electron chi connectivity index (χ1n) is 7.78. The molecule has 0 fully saturated rings. The van der Waals surface area contributed by atoms with Gasteiger partial charge < -0.3 is 4.52 Å². The van der Waals surface area contributed by atoms with E-state index in [-0.39, 0.29) is 17.8 Å². The van der Waals surface area contributed by atoms with Gasteiger partial charge in [-0.2, -0.15) is 4.98 Å². The maximum absolute atomic E-state index is 12.7. The van der Waals surface area contributed by atoms with Crippen LogP contribution in [-0.4, -0.2) is 19.3 Å². The van der Waals surface area contributed by atoms with Crippen LogP contribution in [0.3, 0.4) is 0 Å². The van der Waals surface area contributed by atoms with Gasteiger partial charge >= 0.3 is 5.69 Å². The number of hydrogen-bond donors (Lipinski definition) is 0. The van der Waals surface area contributed by atoms with Crippen LogP contribution in [0.2, 0.25) is 0 Å². The summed E-state index contributed by atoms with van der Waals surface area (Å²) in [6.07, 6.45) is 0. The molecule has 126 valence electrons. The molecule has 0 unspecified atom stereocenters. The van der Waals surface area contributed by atoms with E-state index in [2.05, 4.69) is 10.1 Å². The van der Waals surface area contributed by atoms with E-state index in [1.54, 1.807) is 31.2 Å². The summed E-state index contributed by atoms with van der Waals surface area (Å²) in [6.45, 7) is 2.17. The lowest BCUT2D eigenvalue weighted by atomic mass is 10.2. The Kier molecular flexibility index (Phi) is 3.81. The van der Waals surface area contributed by atoms with Crippen LogP contribution in [0.1, 0.15) is 12.8 Å². The van der Waals surface area contributed by atoms with Gasteiger partial charge in [-0.05, 0) is 30.5 Å². The first kappa shape index (κ1) is 15.5. The number of benzene rings is 1. The minimum atomic E-state index is -0.387. The van der Waals surface area contributed by atoms with E-state index in [0.717, 1.165) is 4.88 Å². The molecule has 1 aromatic carbocycles. The summed E-state index contributed by atoms with van der Waals surface area (Å²) in [5.74, 6) is 0.808. The molecule has 8 heteroatoms. The van der Waals surface area contributed by atoms with Gasteiger partial charge in [0.1, 0.15) is 6.54 Å². The third-order valence-electron chi connectivity index (χ3n) is 3.95. The van der Waals surface area contributed by atoms with E-state index in [0.29, 0.717) is 29.2 Å². The van der Waals surface area contributed by atoms with Gasteiger partial charge in [-0.25, -0.2) is 4.79 Å². The molecule has 0 spiro atoms. The van der Waals surface area contributed by atoms with Gasteiger partial charge in [-0.15, -0.1) is 11.3 Å². The SMILES string of the molecule is CCn1c(=O)c2ccccc2n(Cc2nc(-c3cccs3)no2)c1=O. The molecule has 0 saturated carbocycles. The monoisotopic (exact) mass is 354 g/mol. The average molecular weight is 354 g/mol. The third kappa shape index (κ3) is 2.60. The van der Waals surface area contributed by atoms with Crippen LogP contribution in [0.4, 0.5) is 0 Å². The summed E-state index contributed by atoms with van der Waals surface area (Å²) in [5.41, 5.74) is -0.121. The second-order valence-electron chi connectivity index (χ2n) is 5.42. The maximum atomic E-state index is 12.7. The van der Waals surface area contributed by atoms with Crippen molar-refractivity contribution in [1.29, 1.82) is 0 Å². The lowest BCUT2D eigenvalue weighted by molar-refractivity contribution is 0.369. The summed E-state index contributed by atoms with van der Waals surface area (Å²) in [7, 11) is 0. The summed E-state index contributed by atoms with van der Waals surface area (Å²) in [5, 5.41) is 6.38. The van der Waals surface area contributed by atoms with Gasteiger partial charge in [-0.1, -0.05) is 23.4 Å². The highest BCUT2D eigenvalue weighted by Gasteiger charge is 2.15. The lowest BCUT2D eigenvalue weighted by Gasteiger charge is -2.11. The van der Waals surface area contributed by atoms with Crippen molar-refractivity contribution in [3.05, 3.63) is 68.5 Å². The van der Waals surface area contributed by atoms with Crippen LogP contribution in [0.25, 0.3) is 21.6 Å². The van der Waals surface area contributed by atoms with E-state index in [1.165, 1.54) is 20.5 Å². The fraction of sp³-hybridized carbons (Fsp3) is 0.176. The highest BCUT2D eigenvalue weighted by atomic mass is 32.1. The van der Waals surface area contributed by atoms with Crippen LogP contribution in [0, 0.1) is 0 Å². The summed E-state index contributed by atoms with van der Waals surface area (Å²) in [6, 6.07) is 10.8. The minimum Gasteiger partial charge on any atom is -0.337 e. The van der Waals surface area contributed by atoms with Crippen LogP contribution >= 0.6 is 11.3 Å². The molecule has 0 amide bonds. The number of rotatable bonds is 4. The number of para-hydroxylation sites is 1. The van der Waals surface area contributed by atoms with Gasteiger partial charge in [-0.3, -0.25) is 13.9 Å². The normalized spacial score (nSPS) is 11.2. The Labute approximate surface area is 145 Å². The first-order valence-corrected chi connectivity index (χ1v) is 8.66. The fourth-order valence-corrected chi connectivity index (χ4v) is 3.41. The molecule has 0 saturated heterocycles. The average Bonchev–Trinajstić information content (AvgIpc) is 3.30. The second-order valence-corrected chi connectivity index (χ2v) is 6.37. The molecule has 0 atom stereocenters. The predicted octanol–water partition coefficient (Wildman–Crippen LogP) is 2.34. The zero-order valence-electron chi connectivity index (χ0n) is 13.4. The molecule has 0 aliphatic rings. The molecule has 4 aromatic rings. The molecule has 4 rings (SSSR count). The van der Waals surface area contributed by atoms with Crippen LogP contribution < -0.4 is 11.2 Å². The zero-order chi connectivity index (χ0) is 17.4. The van der Waals surface area contributed by atoms with E-state index in [4.69, 9.17) is 4.52 Å². The number of thiophene rings is 1. The molecule has 7 nitrogen and oxygen atoms in total. The first-order chi connectivity index (χ1) is 12.2. The van der Waals surface area contributed by atoms with Gasteiger partial charge in [0.2, 0.25) is 11.7 Å². The molecule has 0 N–H and O–H groups in total. The predicted molar refractivity (Wildman–Crippen MR) is 94.9 cm³/mol. The number of aromatic nitrogens is 4. The van der Waals surface area contributed by atoms with Crippen molar-refractivity contribution in [2.75, 3.05) is 0 Å².